The van der Waals surface area contributed by atoms with Gasteiger partial charge in [0.2, 0.25) is 0 Å². The van der Waals surface area contributed by atoms with Gasteiger partial charge < -0.3 is 15.4 Å². The zero-order chi connectivity index (χ0) is 13.0. The molecule has 3 N–H and O–H groups in total. The summed E-state index contributed by atoms with van der Waals surface area (Å²) >= 11 is 0. The number of aliphatic carboxylic acids is 1. The number of aromatic nitrogens is 1. The van der Waals surface area contributed by atoms with E-state index in [1.165, 1.54) is 19.2 Å². The van der Waals surface area contributed by atoms with E-state index in [0.717, 1.165) is 0 Å². The molecule has 6 heteroatoms. The number of carbonyl (C=O) groups excluding carboxylic acids is 2. The maximum atomic E-state index is 11.6. The second kappa shape index (κ2) is 5.29. The van der Waals surface area contributed by atoms with Gasteiger partial charge in [0.05, 0.1) is 0 Å². The first-order valence-electron chi connectivity index (χ1n) is 5.18. The lowest BCUT2D eigenvalue weighted by Gasteiger charge is -2.10. The van der Waals surface area contributed by atoms with Crippen molar-refractivity contribution in [1.82, 2.24) is 10.3 Å². The molecule has 1 amide bonds. The van der Waals surface area contributed by atoms with Gasteiger partial charge >= 0.3 is 5.97 Å². The SMILES string of the molecule is CC[C@H](NC(=O)c1cc(C(C)=O)c[nH]1)C(=O)O. The van der Waals surface area contributed by atoms with Crippen molar-refractivity contribution in [2.75, 3.05) is 0 Å². The Morgan fingerprint density at radius 3 is 2.53 bits per heavy atom. The number of hydrogen-bond donors (Lipinski definition) is 3. The lowest BCUT2D eigenvalue weighted by molar-refractivity contribution is -0.139. The molecule has 92 valence electrons. The number of carbonyl (C=O) groups is 3. The molecule has 0 aliphatic rings. The summed E-state index contributed by atoms with van der Waals surface area (Å²) in [7, 11) is 0. The third kappa shape index (κ3) is 3.17. The zero-order valence-electron chi connectivity index (χ0n) is 9.61. The topological polar surface area (TPSA) is 99.3 Å². The maximum Gasteiger partial charge on any atom is 0.326 e. The first-order valence-corrected chi connectivity index (χ1v) is 5.18. The number of nitrogens with one attached hydrogen (secondary N) is 2. The van der Waals surface area contributed by atoms with E-state index >= 15 is 0 Å². The molecule has 0 fully saturated rings. The van der Waals surface area contributed by atoms with Gasteiger partial charge in [0, 0.05) is 11.8 Å². The monoisotopic (exact) mass is 238 g/mol. The van der Waals surface area contributed by atoms with E-state index in [-0.39, 0.29) is 11.5 Å². The van der Waals surface area contributed by atoms with E-state index in [1.54, 1.807) is 6.92 Å². The van der Waals surface area contributed by atoms with E-state index in [2.05, 4.69) is 10.3 Å². The second-order valence-electron chi connectivity index (χ2n) is 3.63. The van der Waals surface area contributed by atoms with Crippen LogP contribution >= 0.6 is 0 Å². The van der Waals surface area contributed by atoms with Crippen LogP contribution in [0.4, 0.5) is 0 Å². The van der Waals surface area contributed by atoms with Crippen LogP contribution in [0.3, 0.4) is 0 Å². The van der Waals surface area contributed by atoms with Crippen LogP contribution in [-0.4, -0.2) is 33.8 Å². The first-order chi connectivity index (χ1) is 7.95. The van der Waals surface area contributed by atoms with E-state index in [0.29, 0.717) is 12.0 Å². The summed E-state index contributed by atoms with van der Waals surface area (Å²) < 4.78 is 0. The first kappa shape index (κ1) is 13.0. The van der Waals surface area contributed by atoms with Gasteiger partial charge in [-0.1, -0.05) is 6.92 Å². The van der Waals surface area contributed by atoms with E-state index in [1.807, 2.05) is 0 Å². The number of amides is 1. The van der Waals surface area contributed by atoms with Crippen molar-refractivity contribution in [3.63, 3.8) is 0 Å². The maximum absolute atomic E-state index is 11.6. The predicted molar refractivity (Wildman–Crippen MR) is 60.0 cm³/mol. The van der Waals surface area contributed by atoms with Crippen molar-refractivity contribution in [3.05, 3.63) is 23.5 Å². The Kier molecular flexibility index (Phi) is 4.03. The highest BCUT2D eigenvalue weighted by molar-refractivity contribution is 6.00. The van der Waals surface area contributed by atoms with Gasteiger partial charge in [0.1, 0.15) is 11.7 Å². The molecule has 0 saturated carbocycles. The Labute approximate surface area is 98.0 Å². The molecular formula is C11H14N2O4. The minimum atomic E-state index is -1.08. The number of Topliss-reactive ketones (excluding diaryl/α,β-unsaturated/α-hetero) is 1. The summed E-state index contributed by atoms with van der Waals surface area (Å²) in [5.41, 5.74) is 0.563. The molecule has 0 aromatic carbocycles. The Hall–Kier alpha value is -2.11. The number of carboxylic acids is 1. The second-order valence-corrected chi connectivity index (χ2v) is 3.63. The van der Waals surface area contributed by atoms with Crippen LogP contribution in [0.15, 0.2) is 12.3 Å². The molecule has 0 saturated heterocycles. The van der Waals surface area contributed by atoms with E-state index in [4.69, 9.17) is 5.11 Å². The minimum absolute atomic E-state index is 0.162. The fraction of sp³-hybridized carbons (Fsp3) is 0.364. The Morgan fingerprint density at radius 1 is 1.47 bits per heavy atom. The number of aromatic amines is 1. The van der Waals surface area contributed by atoms with Gasteiger partial charge in [-0.15, -0.1) is 0 Å². The van der Waals surface area contributed by atoms with Gasteiger partial charge in [-0.25, -0.2) is 4.79 Å². The fourth-order valence-electron chi connectivity index (χ4n) is 1.30. The Balaban J connectivity index is 2.75. The molecule has 1 heterocycles. The van der Waals surface area contributed by atoms with Crippen molar-refractivity contribution in [3.8, 4) is 0 Å². The average Bonchev–Trinajstić information content (AvgIpc) is 2.74. The molecule has 17 heavy (non-hydrogen) atoms. The van der Waals surface area contributed by atoms with E-state index in [9.17, 15) is 14.4 Å². The quantitative estimate of drug-likeness (QED) is 0.661. The van der Waals surface area contributed by atoms with Crippen molar-refractivity contribution in [1.29, 1.82) is 0 Å². The summed E-state index contributed by atoms with van der Waals surface area (Å²) in [5.74, 6) is -1.78. The van der Waals surface area contributed by atoms with Gasteiger partial charge in [-0.2, -0.15) is 0 Å². The lowest BCUT2D eigenvalue weighted by atomic mass is 10.2. The summed E-state index contributed by atoms with van der Waals surface area (Å²) in [4.78, 5) is 36.0. The van der Waals surface area contributed by atoms with Gasteiger partial charge in [0.15, 0.2) is 5.78 Å². The summed E-state index contributed by atoms with van der Waals surface area (Å²) in [6.07, 6.45) is 1.71. The Morgan fingerprint density at radius 2 is 2.12 bits per heavy atom. The standard InChI is InChI=1S/C11H14N2O4/c1-3-8(11(16)17)13-10(15)9-4-7(5-12-9)6(2)14/h4-5,8,12H,3H2,1-2H3,(H,13,15)(H,16,17)/t8-/m0/s1. The third-order valence-corrected chi connectivity index (χ3v) is 2.35. The molecule has 1 atom stereocenters. The van der Waals surface area contributed by atoms with Crippen LogP contribution in [0.2, 0.25) is 0 Å². The van der Waals surface area contributed by atoms with Crippen LogP contribution in [0, 0.1) is 0 Å². The number of hydrogen-bond acceptors (Lipinski definition) is 3. The number of carboxylic acid groups (broad SMARTS) is 1. The Bertz CT molecular complexity index is 450. The predicted octanol–water partition coefficient (Wildman–Crippen LogP) is 0.810. The molecule has 6 nitrogen and oxygen atoms in total. The summed E-state index contributed by atoms with van der Waals surface area (Å²) in [6.45, 7) is 3.05. The molecule has 0 spiro atoms. The number of H-pyrrole nitrogens is 1. The van der Waals surface area contributed by atoms with Gasteiger partial charge in [-0.05, 0) is 19.4 Å². The summed E-state index contributed by atoms with van der Waals surface area (Å²) in [5, 5.41) is 11.1. The molecule has 1 rings (SSSR count). The van der Waals surface area contributed by atoms with Gasteiger partial charge in [0.25, 0.3) is 5.91 Å². The fourth-order valence-corrected chi connectivity index (χ4v) is 1.30. The minimum Gasteiger partial charge on any atom is -0.480 e. The largest absolute Gasteiger partial charge is 0.480 e. The number of ketones is 1. The van der Waals surface area contributed by atoms with Crippen LogP contribution < -0.4 is 5.32 Å². The lowest BCUT2D eigenvalue weighted by Crippen LogP contribution is -2.40. The smallest absolute Gasteiger partial charge is 0.326 e. The molecule has 0 unspecified atom stereocenters. The third-order valence-electron chi connectivity index (χ3n) is 2.35. The van der Waals surface area contributed by atoms with Crippen molar-refractivity contribution in [2.45, 2.75) is 26.3 Å². The van der Waals surface area contributed by atoms with Crippen molar-refractivity contribution >= 4 is 17.7 Å². The number of rotatable bonds is 5. The average molecular weight is 238 g/mol. The van der Waals surface area contributed by atoms with Crippen LogP contribution in [-0.2, 0) is 4.79 Å². The molecule has 0 radical (unpaired) electrons. The van der Waals surface area contributed by atoms with Crippen molar-refractivity contribution < 1.29 is 19.5 Å². The van der Waals surface area contributed by atoms with Crippen LogP contribution in [0.1, 0.15) is 41.1 Å². The molecule has 1 aromatic heterocycles. The molecule has 0 bridgehead atoms. The highest BCUT2D eigenvalue weighted by Crippen LogP contribution is 2.05. The molecule has 0 aliphatic heterocycles. The normalized spacial score (nSPS) is 11.9. The van der Waals surface area contributed by atoms with Gasteiger partial charge in [-0.3, -0.25) is 9.59 Å². The molecular weight excluding hydrogens is 224 g/mol. The zero-order valence-corrected chi connectivity index (χ0v) is 9.61. The molecule has 0 aliphatic carbocycles. The van der Waals surface area contributed by atoms with Crippen LogP contribution in [0.25, 0.3) is 0 Å². The molecule has 1 aromatic rings. The van der Waals surface area contributed by atoms with Crippen molar-refractivity contribution in [2.24, 2.45) is 0 Å². The van der Waals surface area contributed by atoms with Crippen LogP contribution in [0.5, 0.6) is 0 Å². The summed E-state index contributed by atoms with van der Waals surface area (Å²) in [6, 6.07) is 0.471. The van der Waals surface area contributed by atoms with E-state index < -0.39 is 17.9 Å². The highest BCUT2D eigenvalue weighted by Gasteiger charge is 2.19. The highest BCUT2D eigenvalue weighted by atomic mass is 16.4.